The standard InChI is InChI=1S/C7H15FO/c1-6(2,3)7(4,9)5-8/h9H,5H2,1-4H3/t7-/m1/s1. The first kappa shape index (κ1) is 8.89. The van der Waals surface area contributed by atoms with Gasteiger partial charge in [0.25, 0.3) is 0 Å². The molecule has 0 aliphatic rings. The molecule has 0 heterocycles. The number of hydrogen-bond donors (Lipinski definition) is 1. The zero-order valence-electron chi connectivity index (χ0n) is 6.53. The van der Waals surface area contributed by atoms with Crippen molar-refractivity contribution in [3.63, 3.8) is 0 Å². The van der Waals surface area contributed by atoms with Gasteiger partial charge in [-0.05, 0) is 12.3 Å². The molecule has 0 aromatic heterocycles. The van der Waals surface area contributed by atoms with Gasteiger partial charge in [-0.1, -0.05) is 20.8 Å². The second-order valence-electron chi connectivity index (χ2n) is 3.66. The summed E-state index contributed by atoms with van der Waals surface area (Å²) in [5, 5.41) is 9.28. The van der Waals surface area contributed by atoms with E-state index < -0.39 is 12.3 Å². The topological polar surface area (TPSA) is 20.2 Å². The smallest absolute Gasteiger partial charge is 0.118 e. The highest BCUT2D eigenvalue weighted by atomic mass is 19.1. The molecule has 0 aliphatic carbocycles. The van der Waals surface area contributed by atoms with Gasteiger partial charge in [0.1, 0.15) is 6.67 Å². The zero-order valence-corrected chi connectivity index (χ0v) is 6.53. The zero-order chi connectivity index (χ0) is 7.71. The Bertz CT molecular complexity index is 91.6. The molecule has 0 radical (unpaired) electrons. The first-order valence-electron chi connectivity index (χ1n) is 3.09. The summed E-state index contributed by atoms with van der Waals surface area (Å²) in [7, 11) is 0. The third-order valence-electron chi connectivity index (χ3n) is 1.88. The quantitative estimate of drug-likeness (QED) is 0.579. The lowest BCUT2D eigenvalue weighted by molar-refractivity contribution is -0.0584. The summed E-state index contributed by atoms with van der Waals surface area (Å²) in [6.07, 6.45) is 0. The Morgan fingerprint density at radius 2 is 1.56 bits per heavy atom. The van der Waals surface area contributed by atoms with E-state index in [0.29, 0.717) is 0 Å². The van der Waals surface area contributed by atoms with E-state index in [1.165, 1.54) is 6.92 Å². The summed E-state index contributed by atoms with van der Waals surface area (Å²) in [4.78, 5) is 0. The highest BCUT2D eigenvalue weighted by Crippen LogP contribution is 2.29. The van der Waals surface area contributed by atoms with E-state index in [1.54, 1.807) is 0 Å². The maximum Gasteiger partial charge on any atom is 0.118 e. The molecule has 9 heavy (non-hydrogen) atoms. The van der Waals surface area contributed by atoms with Gasteiger partial charge < -0.3 is 5.11 Å². The lowest BCUT2D eigenvalue weighted by atomic mass is 9.79. The first-order chi connectivity index (χ1) is 3.81. The predicted molar refractivity (Wildman–Crippen MR) is 36.1 cm³/mol. The van der Waals surface area contributed by atoms with Crippen molar-refractivity contribution < 1.29 is 9.50 Å². The second-order valence-corrected chi connectivity index (χ2v) is 3.66. The van der Waals surface area contributed by atoms with E-state index in [2.05, 4.69) is 0 Å². The van der Waals surface area contributed by atoms with Crippen molar-refractivity contribution in [2.75, 3.05) is 6.67 Å². The molecule has 0 bridgehead atoms. The number of rotatable bonds is 1. The van der Waals surface area contributed by atoms with E-state index in [4.69, 9.17) is 0 Å². The minimum atomic E-state index is -1.19. The molecule has 0 aromatic rings. The number of hydrogen-bond acceptors (Lipinski definition) is 1. The molecule has 0 saturated carbocycles. The van der Waals surface area contributed by atoms with Crippen LogP contribution < -0.4 is 0 Å². The van der Waals surface area contributed by atoms with Crippen LogP contribution in [0, 0.1) is 5.41 Å². The van der Waals surface area contributed by atoms with Gasteiger partial charge in [0.15, 0.2) is 0 Å². The highest BCUT2D eigenvalue weighted by molar-refractivity contribution is 4.85. The molecule has 0 spiro atoms. The van der Waals surface area contributed by atoms with Crippen LogP contribution in [0.5, 0.6) is 0 Å². The average molecular weight is 134 g/mol. The minimum absolute atomic E-state index is 0.373. The SMILES string of the molecule is CC(C)(C)[C@](C)(O)CF. The van der Waals surface area contributed by atoms with E-state index in [9.17, 15) is 9.50 Å². The van der Waals surface area contributed by atoms with Gasteiger partial charge in [0.2, 0.25) is 0 Å². The van der Waals surface area contributed by atoms with Gasteiger partial charge in [0.05, 0.1) is 5.60 Å². The van der Waals surface area contributed by atoms with Crippen molar-refractivity contribution in [1.29, 1.82) is 0 Å². The molecule has 0 saturated heterocycles. The van der Waals surface area contributed by atoms with E-state index >= 15 is 0 Å². The molecule has 0 aliphatic heterocycles. The van der Waals surface area contributed by atoms with Gasteiger partial charge in [-0.3, -0.25) is 0 Å². The Labute approximate surface area is 55.9 Å². The van der Waals surface area contributed by atoms with Gasteiger partial charge >= 0.3 is 0 Å². The van der Waals surface area contributed by atoms with Gasteiger partial charge in [-0.15, -0.1) is 0 Å². The minimum Gasteiger partial charge on any atom is -0.387 e. The Hall–Kier alpha value is -0.110. The summed E-state index contributed by atoms with van der Waals surface area (Å²) in [5.74, 6) is 0. The van der Waals surface area contributed by atoms with Crippen LogP contribution in [0.25, 0.3) is 0 Å². The molecule has 0 unspecified atom stereocenters. The van der Waals surface area contributed by atoms with Gasteiger partial charge in [0, 0.05) is 0 Å². The van der Waals surface area contributed by atoms with Crippen LogP contribution in [0.3, 0.4) is 0 Å². The molecular formula is C7H15FO. The van der Waals surface area contributed by atoms with Gasteiger partial charge in [-0.25, -0.2) is 4.39 Å². The van der Waals surface area contributed by atoms with Crippen molar-refractivity contribution in [2.45, 2.75) is 33.3 Å². The second kappa shape index (κ2) is 2.25. The van der Waals surface area contributed by atoms with Crippen molar-refractivity contribution in [2.24, 2.45) is 5.41 Å². The molecule has 56 valence electrons. The van der Waals surface area contributed by atoms with Crippen molar-refractivity contribution >= 4 is 0 Å². The van der Waals surface area contributed by atoms with Crippen LogP contribution in [0.4, 0.5) is 4.39 Å². The molecule has 0 amide bonds. The maximum absolute atomic E-state index is 12.0. The largest absolute Gasteiger partial charge is 0.387 e. The lowest BCUT2D eigenvalue weighted by Gasteiger charge is -2.34. The van der Waals surface area contributed by atoms with Crippen molar-refractivity contribution in [1.82, 2.24) is 0 Å². The molecule has 0 rings (SSSR count). The van der Waals surface area contributed by atoms with Crippen LogP contribution in [-0.2, 0) is 0 Å². The third kappa shape index (κ3) is 1.94. The molecule has 0 aromatic carbocycles. The Kier molecular flexibility index (Phi) is 2.23. The molecule has 1 N–H and O–H groups in total. The van der Waals surface area contributed by atoms with Crippen LogP contribution in [0.15, 0.2) is 0 Å². The number of alkyl halides is 1. The van der Waals surface area contributed by atoms with E-state index in [0.717, 1.165) is 0 Å². The summed E-state index contributed by atoms with van der Waals surface area (Å²) >= 11 is 0. The van der Waals surface area contributed by atoms with Crippen LogP contribution >= 0.6 is 0 Å². The van der Waals surface area contributed by atoms with E-state index in [-0.39, 0.29) is 5.41 Å². The fourth-order valence-corrected chi connectivity index (χ4v) is 0.200. The lowest BCUT2D eigenvalue weighted by Crippen LogP contribution is -2.41. The average Bonchev–Trinajstić information content (AvgIpc) is 1.64. The monoisotopic (exact) mass is 134 g/mol. The summed E-state index contributed by atoms with van der Waals surface area (Å²) in [6, 6.07) is 0. The molecule has 1 atom stereocenters. The summed E-state index contributed by atoms with van der Waals surface area (Å²) in [5.41, 5.74) is -1.56. The Morgan fingerprint density at radius 3 is 1.56 bits per heavy atom. The molecular weight excluding hydrogens is 119 g/mol. The normalized spacial score (nSPS) is 19.3. The van der Waals surface area contributed by atoms with Crippen molar-refractivity contribution in [3.05, 3.63) is 0 Å². The van der Waals surface area contributed by atoms with E-state index in [1.807, 2.05) is 20.8 Å². The fourth-order valence-electron chi connectivity index (χ4n) is 0.200. The number of aliphatic hydroxyl groups is 1. The maximum atomic E-state index is 12.0. The Morgan fingerprint density at radius 1 is 1.22 bits per heavy atom. The predicted octanol–water partition coefficient (Wildman–Crippen LogP) is 1.75. The molecule has 1 nitrogen and oxygen atoms in total. The summed E-state index contributed by atoms with van der Waals surface area (Å²) < 4.78 is 12.0. The van der Waals surface area contributed by atoms with Gasteiger partial charge in [-0.2, -0.15) is 0 Å². The Balaban J connectivity index is 4.14. The van der Waals surface area contributed by atoms with Crippen molar-refractivity contribution in [3.8, 4) is 0 Å². The first-order valence-corrected chi connectivity index (χ1v) is 3.09. The molecule has 2 heteroatoms. The summed E-state index contributed by atoms with van der Waals surface area (Å²) in [6.45, 7) is 6.26. The fraction of sp³-hybridized carbons (Fsp3) is 1.00. The van der Waals surface area contributed by atoms with Crippen LogP contribution in [-0.4, -0.2) is 17.4 Å². The number of halogens is 1. The van der Waals surface area contributed by atoms with Crippen LogP contribution in [0.1, 0.15) is 27.7 Å². The molecule has 0 fully saturated rings. The van der Waals surface area contributed by atoms with Crippen LogP contribution in [0.2, 0.25) is 0 Å². The third-order valence-corrected chi connectivity index (χ3v) is 1.88. The highest BCUT2D eigenvalue weighted by Gasteiger charge is 2.34.